The highest BCUT2D eigenvalue weighted by atomic mass is 16.6. The van der Waals surface area contributed by atoms with Crippen molar-refractivity contribution in [2.45, 2.75) is 6.04 Å². The number of nitrogens with zero attached hydrogens (tertiary/aromatic N) is 3. The van der Waals surface area contributed by atoms with Gasteiger partial charge >= 0.3 is 12.1 Å². The summed E-state index contributed by atoms with van der Waals surface area (Å²) in [5, 5.41) is 2.87. The maximum absolute atomic E-state index is 12.8. The number of likely N-dealkylation sites (N-methyl/N-ethyl adjacent to an activating group) is 1. The quantitative estimate of drug-likeness (QED) is 0.845. The summed E-state index contributed by atoms with van der Waals surface area (Å²) in [6.07, 6.45) is 1.26. The molecule has 0 saturated carbocycles. The summed E-state index contributed by atoms with van der Waals surface area (Å²) in [7, 11) is 3.26. The zero-order valence-electron chi connectivity index (χ0n) is 15.3. The summed E-state index contributed by atoms with van der Waals surface area (Å²) in [5.41, 5.74) is 1.86. The Bertz CT molecular complexity index is 799. The number of urea groups is 1. The number of hydrogen-bond acceptors (Lipinski definition) is 5. The Morgan fingerprint density at radius 3 is 2.78 bits per heavy atom. The Labute approximate surface area is 157 Å². The fourth-order valence-electron chi connectivity index (χ4n) is 2.90. The van der Waals surface area contributed by atoms with Gasteiger partial charge in [-0.25, -0.2) is 9.59 Å². The molecular formula is C19H22N4O4. The van der Waals surface area contributed by atoms with Crippen LogP contribution >= 0.6 is 0 Å². The molecule has 0 aliphatic carbocycles. The van der Waals surface area contributed by atoms with E-state index < -0.39 is 6.09 Å². The minimum atomic E-state index is -0.421. The number of ether oxygens (including phenoxy) is 2. The zero-order valence-corrected chi connectivity index (χ0v) is 15.3. The van der Waals surface area contributed by atoms with Crippen LogP contribution in [0.4, 0.5) is 21.0 Å². The minimum Gasteiger partial charge on any atom is -0.447 e. The maximum Gasteiger partial charge on any atom is 0.414 e. The van der Waals surface area contributed by atoms with Gasteiger partial charge < -0.3 is 19.7 Å². The van der Waals surface area contributed by atoms with Crippen molar-refractivity contribution in [3.8, 4) is 0 Å². The molecule has 8 nitrogen and oxygen atoms in total. The van der Waals surface area contributed by atoms with E-state index in [0.29, 0.717) is 31.1 Å². The van der Waals surface area contributed by atoms with Crippen molar-refractivity contribution in [1.29, 1.82) is 0 Å². The molecule has 1 atom stereocenters. The minimum absolute atomic E-state index is 0.307. The van der Waals surface area contributed by atoms with Gasteiger partial charge in [-0.2, -0.15) is 0 Å². The van der Waals surface area contributed by atoms with E-state index in [1.54, 1.807) is 38.6 Å². The number of carbonyl (C=O) groups excluding carboxylic acids is 2. The normalized spacial score (nSPS) is 14.6. The first-order valence-electron chi connectivity index (χ1n) is 8.59. The van der Waals surface area contributed by atoms with Crippen LogP contribution in [-0.2, 0) is 9.47 Å². The molecule has 1 aromatic heterocycles. The maximum atomic E-state index is 12.8. The number of pyridine rings is 1. The fourth-order valence-corrected chi connectivity index (χ4v) is 2.90. The number of cyclic esters (lactones) is 1. The Morgan fingerprint density at radius 1 is 1.33 bits per heavy atom. The van der Waals surface area contributed by atoms with E-state index in [0.717, 1.165) is 5.69 Å². The molecule has 0 spiro atoms. The van der Waals surface area contributed by atoms with Gasteiger partial charge in [0.2, 0.25) is 0 Å². The molecule has 3 rings (SSSR count). The van der Waals surface area contributed by atoms with Crippen molar-refractivity contribution in [2.75, 3.05) is 44.1 Å². The summed E-state index contributed by atoms with van der Waals surface area (Å²) in [4.78, 5) is 32.1. The van der Waals surface area contributed by atoms with E-state index in [1.807, 2.05) is 24.3 Å². The summed E-state index contributed by atoms with van der Waals surface area (Å²) >= 11 is 0. The van der Waals surface area contributed by atoms with Crippen molar-refractivity contribution in [3.63, 3.8) is 0 Å². The number of para-hydroxylation sites is 2. The van der Waals surface area contributed by atoms with Crippen LogP contribution < -0.4 is 10.2 Å². The number of rotatable bonds is 6. The summed E-state index contributed by atoms with van der Waals surface area (Å²) in [6, 6.07) is 12.0. The second kappa shape index (κ2) is 8.50. The Kier molecular flexibility index (Phi) is 5.87. The van der Waals surface area contributed by atoms with Crippen LogP contribution in [0.3, 0.4) is 0 Å². The van der Waals surface area contributed by atoms with Gasteiger partial charge in [-0.15, -0.1) is 0 Å². The molecule has 1 fully saturated rings. The van der Waals surface area contributed by atoms with E-state index in [9.17, 15) is 9.59 Å². The van der Waals surface area contributed by atoms with Crippen LogP contribution in [0.1, 0.15) is 11.7 Å². The van der Waals surface area contributed by atoms with Gasteiger partial charge in [-0.1, -0.05) is 18.2 Å². The molecule has 27 heavy (non-hydrogen) atoms. The van der Waals surface area contributed by atoms with Crippen molar-refractivity contribution < 1.29 is 19.1 Å². The zero-order chi connectivity index (χ0) is 19.2. The van der Waals surface area contributed by atoms with Crippen molar-refractivity contribution in [3.05, 3.63) is 54.4 Å². The fraction of sp³-hybridized carbons (Fsp3) is 0.316. The molecule has 2 heterocycles. The lowest BCUT2D eigenvalue weighted by atomic mass is 10.2. The number of aromatic nitrogens is 1. The molecule has 1 N–H and O–H groups in total. The SMILES string of the molecule is COCC(c1ccccn1)N(C)C(=O)Nc1ccccc1N1CCOC1=O. The second-order valence-electron chi connectivity index (χ2n) is 6.05. The smallest absolute Gasteiger partial charge is 0.414 e. The third-order valence-corrected chi connectivity index (χ3v) is 4.34. The predicted octanol–water partition coefficient (Wildman–Crippen LogP) is 2.89. The first kappa shape index (κ1) is 18.7. The van der Waals surface area contributed by atoms with Gasteiger partial charge in [0.05, 0.1) is 36.3 Å². The Balaban J connectivity index is 1.79. The molecule has 2 aromatic rings. The average molecular weight is 370 g/mol. The molecule has 1 aliphatic rings. The number of amides is 3. The van der Waals surface area contributed by atoms with Crippen molar-refractivity contribution in [2.24, 2.45) is 0 Å². The van der Waals surface area contributed by atoms with Crippen LogP contribution in [0.15, 0.2) is 48.7 Å². The molecule has 0 bridgehead atoms. The molecule has 142 valence electrons. The van der Waals surface area contributed by atoms with Crippen molar-refractivity contribution >= 4 is 23.5 Å². The summed E-state index contributed by atoms with van der Waals surface area (Å²) < 4.78 is 10.3. The van der Waals surface area contributed by atoms with Crippen LogP contribution in [0.5, 0.6) is 0 Å². The number of hydrogen-bond donors (Lipinski definition) is 1. The second-order valence-corrected chi connectivity index (χ2v) is 6.05. The topological polar surface area (TPSA) is 84.0 Å². The molecular weight excluding hydrogens is 348 g/mol. The summed E-state index contributed by atoms with van der Waals surface area (Å²) in [5.74, 6) is 0. The molecule has 1 aromatic carbocycles. The highest BCUT2D eigenvalue weighted by molar-refractivity contribution is 5.99. The van der Waals surface area contributed by atoms with Gasteiger partial charge in [-0.3, -0.25) is 9.88 Å². The van der Waals surface area contributed by atoms with E-state index in [-0.39, 0.29) is 12.1 Å². The van der Waals surface area contributed by atoms with Gasteiger partial charge in [-0.05, 0) is 24.3 Å². The molecule has 1 aliphatic heterocycles. The van der Waals surface area contributed by atoms with Crippen LogP contribution in [0, 0.1) is 0 Å². The third kappa shape index (κ3) is 4.17. The van der Waals surface area contributed by atoms with E-state index in [2.05, 4.69) is 10.3 Å². The van der Waals surface area contributed by atoms with Crippen molar-refractivity contribution in [1.82, 2.24) is 9.88 Å². The lowest BCUT2D eigenvalue weighted by Gasteiger charge is -2.28. The number of anilines is 2. The molecule has 1 saturated heterocycles. The highest BCUT2D eigenvalue weighted by Gasteiger charge is 2.27. The van der Waals surface area contributed by atoms with Crippen LogP contribution in [0.2, 0.25) is 0 Å². The monoisotopic (exact) mass is 370 g/mol. The van der Waals surface area contributed by atoms with E-state index in [1.165, 1.54) is 9.80 Å². The van der Waals surface area contributed by atoms with E-state index in [4.69, 9.17) is 9.47 Å². The number of carbonyl (C=O) groups is 2. The predicted molar refractivity (Wildman–Crippen MR) is 101 cm³/mol. The molecule has 0 radical (unpaired) electrons. The number of nitrogens with one attached hydrogen (secondary N) is 1. The van der Waals surface area contributed by atoms with Crippen LogP contribution in [0.25, 0.3) is 0 Å². The van der Waals surface area contributed by atoms with Gasteiger partial charge in [0.25, 0.3) is 0 Å². The molecule has 1 unspecified atom stereocenters. The Hall–Kier alpha value is -3.13. The van der Waals surface area contributed by atoms with Gasteiger partial charge in [0.1, 0.15) is 6.61 Å². The van der Waals surface area contributed by atoms with Crippen LogP contribution in [-0.4, -0.2) is 55.9 Å². The lowest BCUT2D eigenvalue weighted by molar-refractivity contribution is 0.119. The highest BCUT2D eigenvalue weighted by Crippen LogP contribution is 2.29. The van der Waals surface area contributed by atoms with E-state index >= 15 is 0 Å². The first-order valence-corrected chi connectivity index (χ1v) is 8.59. The van der Waals surface area contributed by atoms with Gasteiger partial charge in [0, 0.05) is 20.4 Å². The number of benzene rings is 1. The van der Waals surface area contributed by atoms with Gasteiger partial charge in [0.15, 0.2) is 0 Å². The first-order chi connectivity index (χ1) is 13.1. The lowest BCUT2D eigenvalue weighted by Crippen LogP contribution is -2.37. The molecule has 8 heteroatoms. The third-order valence-electron chi connectivity index (χ3n) is 4.34. The Morgan fingerprint density at radius 2 is 2.11 bits per heavy atom. The summed E-state index contributed by atoms with van der Waals surface area (Å²) in [6.45, 7) is 1.08. The molecule has 3 amide bonds. The standard InChI is InChI=1S/C19H22N4O4/c1-22(17(13-26-2)14-7-5-6-10-20-14)18(24)21-15-8-3-4-9-16(15)23-11-12-27-19(23)25/h3-10,17H,11-13H2,1-2H3,(H,21,24). The average Bonchev–Trinajstić information content (AvgIpc) is 3.12. The largest absolute Gasteiger partial charge is 0.447 e. The number of methoxy groups -OCH3 is 1.